The molecule has 0 saturated carbocycles. The molecule has 1 aliphatic heterocycles. The summed E-state index contributed by atoms with van der Waals surface area (Å²) >= 11 is 0. The van der Waals surface area contributed by atoms with E-state index in [9.17, 15) is 14.7 Å². The van der Waals surface area contributed by atoms with Gasteiger partial charge in [-0.2, -0.15) is 0 Å². The van der Waals surface area contributed by atoms with E-state index in [2.05, 4.69) is 30.7 Å². The Labute approximate surface area is 219 Å². The smallest absolute Gasteiger partial charge is 0.407 e. The molecular formula is C30H36N4O3. The average Bonchev–Trinajstić information content (AvgIpc) is 2.88. The summed E-state index contributed by atoms with van der Waals surface area (Å²) in [6, 6.07) is 21.3. The van der Waals surface area contributed by atoms with Crippen LogP contribution in [0.1, 0.15) is 43.6 Å². The zero-order valence-corrected chi connectivity index (χ0v) is 22.3. The highest BCUT2D eigenvalue weighted by Gasteiger charge is 2.48. The van der Waals surface area contributed by atoms with Crippen molar-refractivity contribution in [2.24, 2.45) is 5.41 Å². The van der Waals surface area contributed by atoms with Crippen molar-refractivity contribution in [3.05, 3.63) is 84.1 Å². The zero-order chi connectivity index (χ0) is 26.8. The highest BCUT2D eigenvalue weighted by molar-refractivity contribution is 6.05. The van der Waals surface area contributed by atoms with E-state index in [1.165, 1.54) is 0 Å². The summed E-state index contributed by atoms with van der Waals surface area (Å²) < 4.78 is 0. The van der Waals surface area contributed by atoms with Crippen molar-refractivity contribution in [1.82, 2.24) is 14.8 Å². The molecule has 0 unspecified atom stereocenters. The SMILES string of the molecule is CN(C(=O)c1ccc(-c2ccccn2)cc1)c1ccc(CN2CCN(C(=O)O)[C@@](C)(C(C)(C)C)C2)cc1. The largest absolute Gasteiger partial charge is 0.465 e. The minimum Gasteiger partial charge on any atom is -0.465 e. The summed E-state index contributed by atoms with van der Waals surface area (Å²) in [6.45, 7) is 10.9. The number of amides is 2. The molecular weight excluding hydrogens is 464 g/mol. The Morgan fingerprint density at radius 1 is 1.00 bits per heavy atom. The van der Waals surface area contributed by atoms with E-state index >= 15 is 0 Å². The molecule has 1 N–H and O–H groups in total. The molecule has 1 saturated heterocycles. The summed E-state index contributed by atoms with van der Waals surface area (Å²) in [6.07, 6.45) is 0.894. The Hall–Kier alpha value is -3.71. The second-order valence-corrected chi connectivity index (χ2v) is 11.0. The molecule has 2 aromatic carbocycles. The van der Waals surface area contributed by atoms with Crippen LogP contribution in [0.3, 0.4) is 0 Å². The van der Waals surface area contributed by atoms with Gasteiger partial charge < -0.3 is 10.0 Å². The first-order valence-electron chi connectivity index (χ1n) is 12.6. The third-order valence-corrected chi connectivity index (χ3v) is 7.74. The molecule has 0 spiro atoms. The normalized spacial score (nSPS) is 18.5. The molecule has 1 aliphatic rings. The molecule has 7 nitrogen and oxygen atoms in total. The van der Waals surface area contributed by atoms with Crippen molar-refractivity contribution >= 4 is 17.7 Å². The molecule has 1 fully saturated rings. The monoisotopic (exact) mass is 500 g/mol. The standard InChI is InChI=1S/C30H36N4O3/c1-29(2,3)30(4)21-33(18-19-34(30)28(36)37)20-22-9-15-25(16-10-22)32(5)27(35)24-13-11-23(12-14-24)26-8-6-7-17-31-26/h6-17H,18-21H2,1-5H3,(H,36,37)/t30-/m1/s1. The summed E-state index contributed by atoms with van der Waals surface area (Å²) in [4.78, 5) is 34.9. The van der Waals surface area contributed by atoms with Gasteiger partial charge >= 0.3 is 6.09 Å². The minimum atomic E-state index is -0.861. The van der Waals surface area contributed by atoms with Crippen molar-refractivity contribution in [2.75, 3.05) is 31.6 Å². The molecule has 194 valence electrons. The molecule has 0 bridgehead atoms. The Bertz CT molecular complexity index is 1240. The van der Waals surface area contributed by atoms with Gasteiger partial charge in [0.05, 0.1) is 11.2 Å². The molecule has 2 amide bonds. The third kappa shape index (κ3) is 5.52. The van der Waals surface area contributed by atoms with Gasteiger partial charge in [0.2, 0.25) is 0 Å². The number of pyridine rings is 1. The van der Waals surface area contributed by atoms with Gasteiger partial charge in [-0.3, -0.25) is 19.6 Å². The molecule has 1 aromatic heterocycles. The van der Waals surface area contributed by atoms with Crippen LogP contribution in [-0.4, -0.2) is 64.1 Å². The molecule has 4 rings (SSSR count). The fraction of sp³-hybridized carbons (Fsp3) is 0.367. The highest BCUT2D eigenvalue weighted by Crippen LogP contribution is 2.38. The van der Waals surface area contributed by atoms with Crippen LogP contribution in [0.15, 0.2) is 72.9 Å². The van der Waals surface area contributed by atoms with Gasteiger partial charge in [-0.25, -0.2) is 4.79 Å². The summed E-state index contributed by atoms with van der Waals surface area (Å²) in [5, 5.41) is 9.76. The molecule has 7 heteroatoms. The van der Waals surface area contributed by atoms with Crippen LogP contribution in [0.5, 0.6) is 0 Å². The third-order valence-electron chi connectivity index (χ3n) is 7.74. The topological polar surface area (TPSA) is 77.0 Å². The van der Waals surface area contributed by atoms with Gasteiger partial charge in [0.1, 0.15) is 0 Å². The maximum absolute atomic E-state index is 13.1. The first-order chi connectivity index (χ1) is 17.5. The van der Waals surface area contributed by atoms with Gasteiger partial charge in [0.15, 0.2) is 0 Å². The van der Waals surface area contributed by atoms with E-state index in [-0.39, 0.29) is 11.3 Å². The number of carbonyl (C=O) groups excluding carboxylic acids is 1. The van der Waals surface area contributed by atoms with E-state index in [1.54, 1.807) is 23.0 Å². The molecule has 3 aromatic rings. The number of hydrogen-bond donors (Lipinski definition) is 1. The van der Waals surface area contributed by atoms with Gasteiger partial charge in [0, 0.05) is 56.2 Å². The van der Waals surface area contributed by atoms with E-state index in [0.29, 0.717) is 25.2 Å². The van der Waals surface area contributed by atoms with Crippen LogP contribution >= 0.6 is 0 Å². The van der Waals surface area contributed by atoms with E-state index in [0.717, 1.165) is 29.1 Å². The summed E-state index contributed by atoms with van der Waals surface area (Å²) in [5.74, 6) is -0.0777. The second kappa shape index (κ2) is 10.3. The minimum absolute atomic E-state index is 0.0777. The number of carboxylic acid groups (broad SMARTS) is 1. The number of carbonyl (C=O) groups is 2. The first kappa shape index (κ1) is 26.4. The van der Waals surface area contributed by atoms with Crippen LogP contribution in [0.2, 0.25) is 0 Å². The lowest BCUT2D eigenvalue weighted by Gasteiger charge is -2.54. The fourth-order valence-electron chi connectivity index (χ4n) is 4.88. The predicted octanol–water partition coefficient (Wildman–Crippen LogP) is 5.63. The number of hydrogen-bond acceptors (Lipinski definition) is 4. The van der Waals surface area contributed by atoms with Crippen molar-refractivity contribution in [3.8, 4) is 11.3 Å². The van der Waals surface area contributed by atoms with E-state index < -0.39 is 11.6 Å². The summed E-state index contributed by atoms with van der Waals surface area (Å²) in [5.41, 5.74) is 3.71. The van der Waals surface area contributed by atoms with Crippen LogP contribution < -0.4 is 4.90 Å². The lowest BCUT2D eigenvalue weighted by molar-refractivity contribution is -0.0462. The van der Waals surface area contributed by atoms with Gasteiger partial charge in [-0.05, 0) is 54.3 Å². The van der Waals surface area contributed by atoms with Crippen LogP contribution in [0, 0.1) is 5.41 Å². The van der Waals surface area contributed by atoms with Gasteiger partial charge in [-0.15, -0.1) is 0 Å². The molecule has 1 atom stereocenters. The van der Waals surface area contributed by atoms with Gasteiger partial charge in [-0.1, -0.05) is 51.1 Å². The Kier molecular flexibility index (Phi) is 7.37. The van der Waals surface area contributed by atoms with Crippen molar-refractivity contribution in [2.45, 2.75) is 39.8 Å². The average molecular weight is 501 g/mol. The number of piperazine rings is 1. The van der Waals surface area contributed by atoms with Crippen LogP contribution in [-0.2, 0) is 6.54 Å². The Morgan fingerprint density at radius 3 is 2.24 bits per heavy atom. The Balaban J connectivity index is 1.42. The van der Waals surface area contributed by atoms with Crippen molar-refractivity contribution in [1.29, 1.82) is 0 Å². The summed E-state index contributed by atoms with van der Waals surface area (Å²) in [7, 11) is 1.78. The fourth-order valence-corrected chi connectivity index (χ4v) is 4.88. The number of nitrogens with zero attached hydrogens (tertiary/aromatic N) is 4. The maximum atomic E-state index is 13.1. The molecule has 0 aliphatic carbocycles. The molecule has 0 radical (unpaired) electrons. The predicted molar refractivity (Wildman–Crippen MR) is 147 cm³/mol. The highest BCUT2D eigenvalue weighted by atomic mass is 16.4. The first-order valence-corrected chi connectivity index (χ1v) is 12.6. The Morgan fingerprint density at radius 2 is 1.68 bits per heavy atom. The van der Waals surface area contributed by atoms with Crippen molar-refractivity contribution < 1.29 is 14.7 Å². The molecule has 2 heterocycles. The number of rotatable bonds is 5. The van der Waals surface area contributed by atoms with Crippen LogP contribution in [0.25, 0.3) is 11.3 Å². The maximum Gasteiger partial charge on any atom is 0.407 e. The van der Waals surface area contributed by atoms with E-state index in [1.807, 2.05) is 73.7 Å². The molecule has 37 heavy (non-hydrogen) atoms. The number of aromatic nitrogens is 1. The number of benzene rings is 2. The zero-order valence-electron chi connectivity index (χ0n) is 22.3. The van der Waals surface area contributed by atoms with E-state index in [4.69, 9.17) is 0 Å². The number of anilines is 1. The lowest BCUT2D eigenvalue weighted by Crippen LogP contribution is -2.67. The van der Waals surface area contributed by atoms with Crippen molar-refractivity contribution in [3.63, 3.8) is 0 Å². The van der Waals surface area contributed by atoms with Crippen LogP contribution in [0.4, 0.5) is 10.5 Å². The lowest BCUT2D eigenvalue weighted by atomic mass is 9.72. The second-order valence-electron chi connectivity index (χ2n) is 11.0. The van der Waals surface area contributed by atoms with Gasteiger partial charge in [0.25, 0.3) is 5.91 Å². The quantitative estimate of drug-likeness (QED) is 0.492.